The minimum absolute atomic E-state index is 0.00489. The van der Waals surface area contributed by atoms with Gasteiger partial charge in [-0.3, -0.25) is 28.8 Å². The first-order valence-electron chi connectivity index (χ1n) is 13.6. The normalized spacial score (nSPS) is 26.9. The molecule has 3 heterocycles. The average Bonchev–Trinajstić information content (AvgIpc) is 3.56. The maximum Gasteiger partial charge on any atom is 0.305 e. The first kappa shape index (κ1) is 30.6. The third kappa shape index (κ3) is 7.79. The highest BCUT2D eigenvalue weighted by Gasteiger charge is 2.41. The number of carboxylic acid groups (broad SMARTS) is 1. The second-order valence-electron chi connectivity index (χ2n) is 11.1. The third-order valence-corrected chi connectivity index (χ3v) is 7.03. The number of aromatic amines is 1. The van der Waals surface area contributed by atoms with Crippen LogP contribution in [-0.2, 0) is 35.2 Å². The molecule has 0 bridgehead atoms. The first-order chi connectivity index (χ1) is 18.9. The first-order valence-corrected chi connectivity index (χ1v) is 13.6. The fourth-order valence-corrected chi connectivity index (χ4v) is 5.00. The van der Waals surface area contributed by atoms with Crippen LogP contribution in [0.25, 0.3) is 0 Å². The molecule has 5 atom stereocenters. The van der Waals surface area contributed by atoms with Crippen molar-refractivity contribution in [3.05, 3.63) is 18.2 Å². The monoisotopic (exact) mass is 561 g/mol. The van der Waals surface area contributed by atoms with E-state index in [-0.39, 0.29) is 31.2 Å². The molecule has 14 nitrogen and oxygen atoms in total. The Morgan fingerprint density at radius 1 is 0.950 bits per heavy atom. The van der Waals surface area contributed by atoms with Gasteiger partial charge in [0.1, 0.15) is 30.2 Å². The van der Waals surface area contributed by atoms with E-state index in [1.807, 2.05) is 13.8 Å². The molecule has 1 aromatic rings. The van der Waals surface area contributed by atoms with E-state index in [0.29, 0.717) is 18.5 Å². The molecule has 220 valence electrons. The van der Waals surface area contributed by atoms with Crippen LogP contribution in [0, 0.1) is 11.8 Å². The molecule has 2 aliphatic rings. The number of carbonyl (C=O) groups is 6. The van der Waals surface area contributed by atoms with Crippen LogP contribution in [0.2, 0.25) is 0 Å². The second kappa shape index (κ2) is 13.4. The summed E-state index contributed by atoms with van der Waals surface area (Å²) in [6.07, 6.45) is 3.19. The highest BCUT2D eigenvalue weighted by atomic mass is 16.4. The Labute approximate surface area is 232 Å². The largest absolute Gasteiger partial charge is 0.481 e. The summed E-state index contributed by atoms with van der Waals surface area (Å²) in [6.45, 7) is 7.44. The van der Waals surface area contributed by atoms with Crippen molar-refractivity contribution in [1.82, 2.24) is 36.1 Å². The van der Waals surface area contributed by atoms with E-state index < -0.39 is 72.1 Å². The van der Waals surface area contributed by atoms with Gasteiger partial charge in [0.2, 0.25) is 29.5 Å². The molecule has 0 radical (unpaired) electrons. The number of H-pyrrole nitrogens is 1. The molecule has 0 saturated carbocycles. The van der Waals surface area contributed by atoms with Crippen LogP contribution >= 0.6 is 0 Å². The zero-order valence-electron chi connectivity index (χ0n) is 23.2. The summed E-state index contributed by atoms with van der Waals surface area (Å²) in [4.78, 5) is 86.8. The van der Waals surface area contributed by atoms with E-state index in [1.54, 1.807) is 13.8 Å². The summed E-state index contributed by atoms with van der Waals surface area (Å²) in [7, 11) is 0. The molecule has 0 aromatic carbocycles. The summed E-state index contributed by atoms with van der Waals surface area (Å²) < 4.78 is 0. The Hall–Kier alpha value is -3.97. The van der Waals surface area contributed by atoms with Gasteiger partial charge >= 0.3 is 5.97 Å². The Kier molecular flexibility index (Phi) is 10.2. The van der Waals surface area contributed by atoms with Gasteiger partial charge in [0.15, 0.2) is 0 Å². The lowest BCUT2D eigenvalue weighted by molar-refractivity contribution is -0.146. The number of nitrogens with zero attached hydrogens (tertiary/aromatic N) is 2. The fraction of sp³-hybridized carbons (Fsp3) is 0.654. The highest BCUT2D eigenvalue weighted by Crippen LogP contribution is 2.21. The fourth-order valence-electron chi connectivity index (χ4n) is 5.00. The van der Waals surface area contributed by atoms with Gasteiger partial charge < -0.3 is 36.3 Å². The molecule has 0 unspecified atom stereocenters. The molecule has 0 aliphatic carbocycles. The molecule has 1 aromatic heterocycles. The smallest absolute Gasteiger partial charge is 0.305 e. The SMILES string of the molecule is CC(C)C[C@@H]1NC(=O)[C@@H](C(C)C)NC(=O)[C@@H]2CCCN2C(=O)[C@@H](CC(=O)O)NC(=O)[C@@H](Cc2cnc[nH]2)NC1=O. The summed E-state index contributed by atoms with van der Waals surface area (Å²) in [5, 5.41) is 20.1. The zero-order chi connectivity index (χ0) is 29.6. The van der Waals surface area contributed by atoms with Crippen LogP contribution in [0.5, 0.6) is 0 Å². The Morgan fingerprint density at radius 2 is 1.60 bits per heavy atom. The van der Waals surface area contributed by atoms with Crippen molar-refractivity contribution < 1.29 is 33.9 Å². The molecule has 3 rings (SSSR count). The van der Waals surface area contributed by atoms with Crippen molar-refractivity contribution in [2.75, 3.05) is 6.54 Å². The molecule has 2 aliphatic heterocycles. The number of nitrogens with one attached hydrogen (secondary N) is 5. The molecule has 0 spiro atoms. The molecule has 14 heteroatoms. The topological polar surface area (TPSA) is 203 Å². The van der Waals surface area contributed by atoms with E-state index >= 15 is 0 Å². The minimum Gasteiger partial charge on any atom is -0.481 e. The van der Waals surface area contributed by atoms with E-state index in [0.717, 1.165) is 0 Å². The van der Waals surface area contributed by atoms with Crippen LogP contribution in [0.1, 0.15) is 59.1 Å². The van der Waals surface area contributed by atoms with Crippen molar-refractivity contribution in [2.24, 2.45) is 11.8 Å². The van der Waals surface area contributed by atoms with Crippen molar-refractivity contribution in [3.63, 3.8) is 0 Å². The van der Waals surface area contributed by atoms with E-state index in [1.165, 1.54) is 17.4 Å². The molecule has 6 N–H and O–H groups in total. The number of rotatable bonds is 7. The van der Waals surface area contributed by atoms with Gasteiger partial charge in [-0.25, -0.2) is 4.98 Å². The van der Waals surface area contributed by atoms with Crippen molar-refractivity contribution in [2.45, 2.75) is 90.0 Å². The van der Waals surface area contributed by atoms with Crippen molar-refractivity contribution >= 4 is 35.5 Å². The van der Waals surface area contributed by atoms with Crippen LogP contribution < -0.4 is 21.3 Å². The number of imidazole rings is 1. The third-order valence-electron chi connectivity index (χ3n) is 7.03. The van der Waals surface area contributed by atoms with Gasteiger partial charge in [-0.1, -0.05) is 27.7 Å². The van der Waals surface area contributed by atoms with Gasteiger partial charge in [0.05, 0.1) is 12.7 Å². The van der Waals surface area contributed by atoms with Gasteiger partial charge in [-0.05, 0) is 31.1 Å². The van der Waals surface area contributed by atoms with E-state index in [9.17, 15) is 33.9 Å². The second-order valence-corrected chi connectivity index (χ2v) is 11.1. The summed E-state index contributed by atoms with van der Waals surface area (Å²) >= 11 is 0. The maximum atomic E-state index is 13.5. The summed E-state index contributed by atoms with van der Waals surface area (Å²) in [5.41, 5.74) is 0.512. The number of carboxylic acids is 1. The molecule has 2 saturated heterocycles. The van der Waals surface area contributed by atoms with Gasteiger partial charge in [0.25, 0.3) is 0 Å². The number of hydrogen-bond acceptors (Lipinski definition) is 7. The Bertz CT molecular complexity index is 1100. The Balaban J connectivity index is 2.04. The van der Waals surface area contributed by atoms with Crippen molar-refractivity contribution in [3.8, 4) is 0 Å². The van der Waals surface area contributed by atoms with Crippen LogP contribution in [0.3, 0.4) is 0 Å². The number of hydrogen-bond donors (Lipinski definition) is 6. The van der Waals surface area contributed by atoms with Crippen LogP contribution in [0.4, 0.5) is 0 Å². The molecular weight excluding hydrogens is 522 g/mol. The average molecular weight is 562 g/mol. The number of amides is 5. The van der Waals surface area contributed by atoms with E-state index in [2.05, 4.69) is 31.2 Å². The van der Waals surface area contributed by atoms with Crippen LogP contribution in [0.15, 0.2) is 12.5 Å². The maximum absolute atomic E-state index is 13.5. The molecule has 2 fully saturated rings. The van der Waals surface area contributed by atoms with Gasteiger partial charge in [-0.15, -0.1) is 0 Å². The van der Waals surface area contributed by atoms with Crippen LogP contribution in [-0.4, -0.2) is 92.2 Å². The summed E-state index contributed by atoms with van der Waals surface area (Å²) in [5.74, 6) is -4.93. The van der Waals surface area contributed by atoms with Gasteiger partial charge in [0, 0.05) is 24.9 Å². The predicted molar refractivity (Wildman–Crippen MR) is 141 cm³/mol. The quantitative estimate of drug-likeness (QED) is 0.245. The number of aliphatic carboxylic acids is 1. The summed E-state index contributed by atoms with van der Waals surface area (Å²) in [6, 6.07) is -5.65. The lowest BCUT2D eigenvalue weighted by Gasteiger charge is -2.30. The zero-order valence-corrected chi connectivity index (χ0v) is 23.2. The minimum atomic E-state index is -1.48. The number of carbonyl (C=O) groups excluding carboxylic acids is 5. The predicted octanol–water partition coefficient (Wildman–Crippen LogP) is -0.927. The van der Waals surface area contributed by atoms with Gasteiger partial charge in [-0.2, -0.15) is 0 Å². The van der Waals surface area contributed by atoms with E-state index in [4.69, 9.17) is 0 Å². The molecular formula is C26H39N7O7. The lowest BCUT2D eigenvalue weighted by atomic mass is 9.99. The van der Waals surface area contributed by atoms with Crippen molar-refractivity contribution in [1.29, 1.82) is 0 Å². The lowest BCUT2D eigenvalue weighted by Crippen LogP contribution is -2.59. The highest BCUT2D eigenvalue weighted by molar-refractivity contribution is 5.99. The molecule has 40 heavy (non-hydrogen) atoms. The number of aromatic nitrogens is 2. The number of fused-ring (bicyclic) bond motifs is 1. The molecule has 5 amide bonds. The Morgan fingerprint density at radius 3 is 2.20 bits per heavy atom. The standard InChI is InChI=1S/C26H39N7O7/c1-13(2)8-16-22(36)29-17(9-15-11-27-12-28-15)23(37)31-18(10-20(34)35)26(40)33-7-5-6-19(33)24(38)32-21(14(3)4)25(39)30-16/h11-14,16-19,21H,5-10H2,1-4H3,(H,27,28)(H,29,36)(H,30,39)(H,31,37)(H,32,38)(H,34,35)/t16-,17+,18+,19-,21+/m0/s1.